The molecule has 7 nitrogen and oxygen atoms in total. The number of aliphatic hydroxyl groups is 1. The van der Waals surface area contributed by atoms with Crippen molar-refractivity contribution >= 4 is 29.0 Å². The Kier molecular flexibility index (Phi) is 8.36. The van der Waals surface area contributed by atoms with Gasteiger partial charge in [0.25, 0.3) is 5.91 Å². The highest BCUT2D eigenvalue weighted by atomic mass is 35.5. The molecule has 4 rings (SSSR count). The van der Waals surface area contributed by atoms with Gasteiger partial charge in [-0.3, -0.25) is 9.69 Å². The number of aromatic nitrogens is 1. The van der Waals surface area contributed by atoms with Crippen molar-refractivity contribution in [1.29, 1.82) is 0 Å². The van der Waals surface area contributed by atoms with Crippen molar-refractivity contribution in [2.24, 2.45) is 0 Å². The van der Waals surface area contributed by atoms with E-state index in [1.807, 2.05) is 42.5 Å². The first kappa shape index (κ1) is 24.0. The summed E-state index contributed by atoms with van der Waals surface area (Å²) in [6.45, 7) is 3.99. The first-order valence-electron chi connectivity index (χ1n) is 11.4. The molecule has 0 spiro atoms. The second-order valence-electron chi connectivity index (χ2n) is 8.33. The molecule has 2 N–H and O–H groups in total. The van der Waals surface area contributed by atoms with E-state index in [0.29, 0.717) is 29.4 Å². The molecule has 34 heavy (non-hydrogen) atoms. The summed E-state index contributed by atoms with van der Waals surface area (Å²) in [6.07, 6.45) is 1.95. The lowest BCUT2D eigenvalue weighted by Gasteiger charge is -2.36. The number of piperazine rings is 1. The molecule has 2 heterocycles. The molecule has 3 aromatic rings. The summed E-state index contributed by atoms with van der Waals surface area (Å²) in [4.78, 5) is 21.2. The first-order valence-corrected chi connectivity index (χ1v) is 11.8. The molecule has 1 saturated heterocycles. The number of β-amino-alcohol motifs (C(OH)–C–C–N with tert-alkyl or cyclic N) is 1. The number of rotatable bonds is 9. The number of amides is 1. The number of ether oxygens (including phenoxy) is 1. The van der Waals surface area contributed by atoms with Gasteiger partial charge in [-0.1, -0.05) is 41.9 Å². The number of carbonyl (C=O) groups excluding carboxylic acids is 1. The van der Waals surface area contributed by atoms with Crippen molar-refractivity contribution < 1.29 is 14.6 Å². The van der Waals surface area contributed by atoms with Gasteiger partial charge in [0.1, 0.15) is 11.6 Å². The monoisotopic (exact) mass is 480 g/mol. The lowest BCUT2D eigenvalue weighted by molar-refractivity contribution is -0.118. The fraction of sp³-hybridized carbons (Fsp3) is 0.308. The zero-order valence-electron chi connectivity index (χ0n) is 18.9. The summed E-state index contributed by atoms with van der Waals surface area (Å²) in [5, 5.41) is 13.8. The Hall–Kier alpha value is -3.13. The third-order valence-corrected chi connectivity index (χ3v) is 5.95. The summed E-state index contributed by atoms with van der Waals surface area (Å²) >= 11 is 5.85. The van der Waals surface area contributed by atoms with Gasteiger partial charge in [-0.05, 0) is 48.4 Å². The largest absolute Gasteiger partial charge is 0.484 e. The molecule has 1 aliphatic heterocycles. The minimum atomic E-state index is -0.376. The maximum atomic E-state index is 12.2. The minimum absolute atomic E-state index is 0.0958. The van der Waals surface area contributed by atoms with Crippen LogP contribution in [0.25, 0.3) is 0 Å². The van der Waals surface area contributed by atoms with Crippen LogP contribution in [-0.4, -0.2) is 66.3 Å². The van der Waals surface area contributed by atoms with Gasteiger partial charge >= 0.3 is 0 Å². The number of nitrogens with one attached hydrogen (secondary N) is 1. The summed E-state index contributed by atoms with van der Waals surface area (Å²) in [5.41, 5.74) is 1.78. The number of anilines is 2. The average molecular weight is 481 g/mol. The lowest BCUT2D eigenvalue weighted by Crippen LogP contribution is -2.49. The van der Waals surface area contributed by atoms with E-state index in [9.17, 15) is 9.90 Å². The van der Waals surface area contributed by atoms with E-state index in [4.69, 9.17) is 16.3 Å². The predicted octanol–water partition coefficient (Wildman–Crippen LogP) is 3.48. The second kappa shape index (κ2) is 11.8. The molecule has 2 aromatic carbocycles. The van der Waals surface area contributed by atoms with Gasteiger partial charge in [0.05, 0.1) is 18.0 Å². The molecule has 178 valence electrons. The summed E-state index contributed by atoms with van der Waals surface area (Å²) in [6, 6.07) is 20.7. The van der Waals surface area contributed by atoms with Crippen LogP contribution in [0.4, 0.5) is 11.5 Å². The van der Waals surface area contributed by atoms with E-state index < -0.39 is 0 Å². The maximum Gasteiger partial charge on any atom is 0.262 e. The molecule has 1 aliphatic rings. The smallest absolute Gasteiger partial charge is 0.262 e. The molecule has 0 saturated carbocycles. The van der Waals surface area contributed by atoms with E-state index in [-0.39, 0.29) is 18.6 Å². The van der Waals surface area contributed by atoms with Crippen LogP contribution in [0.5, 0.6) is 5.75 Å². The van der Waals surface area contributed by atoms with Gasteiger partial charge in [0.15, 0.2) is 6.61 Å². The van der Waals surface area contributed by atoms with E-state index >= 15 is 0 Å². The number of aliphatic hydroxyl groups excluding tert-OH is 1. The third-order valence-electron chi connectivity index (χ3n) is 5.69. The van der Waals surface area contributed by atoms with Gasteiger partial charge in [-0.25, -0.2) is 4.98 Å². The quantitative estimate of drug-likeness (QED) is 0.488. The van der Waals surface area contributed by atoms with Crippen molar-refractivity contribution in [3.05, 3.63) is 83.5 Å². The molecule has 1 fully saturated rings. The van der Waals surface area contributed by atoms with E-state index in [0.717, 1.165) is 37.6 Å². The van der Waals surface area contributed by atoms with Gasteiger partial charge in [0, 0.05) is 37.7 Å². The SMILES string of the molecule is O=C(COc1ccc(Cl)cc1)Nc1ccc(N2CCN(CC(O)Cc3ccccc3)CC2)nc1. The zero-order chi connectivity index (χ0) is 23.8. The number of hydrogen-bond acceptors (Lipinski definition) is 6. The molecule has 1 unspecified atom stereocenters. The predicted molar refractivity (Wildman–Crippen MR) is 135 cm³/mol. The Morgan fingerprint density at radius 3 is 2.44 bits per heavy atom. The molecule has 0 bridgehead atoms. The topological polar surface area (TPSA) is 77.9 Å². The van der Waals surface area contributed by atoms with Crippen LogP contribution in [-0.2, 0) is 11.2 Å². The molecular weight excluding hydrogens is 452 g/mol. The fourth-order valence-electron chi connectivity index (χ4n) is 3.93. The van der Waals surface area contributed by atoms with Crippen molar-refractivity contribution in [1.82, 2.24) is 9.88 Å². The average Bonchev–Trinajstić information content (AvgIpc) is 2.85. The van der Waals surface area contributed by atoms with Gasteiger partial charge in [0.2, 0.25) is 0 Å². The molecule has 1 amide bonds. The lowest BCUT2D eigenvalue weighted by atomic mass is 10.1. The Labute approximate surface area is 204 Å². The van der Waals surface area contributed by atoms with Crippen LogP contribution in [0.2, 0.25) is 5.02 Å². The fourth-order valence-corrected chi connectivity index (χ4v) is 4.06. The van der Waals surface area contributed by atoms with Crippen LogP contribution < -0.4 is 15.0 Å². The third kappa shape index (κ3) is 7.18. The maximum absolute atomic E-state index is 12.2. The van der Waals surface area contributed by atoms with Crippen molar-refractivity contribution in [3.8, 4) is 5.75 Å². The number of nitrogens with zero attached hydrogens (tertiary/aromatic N) is 3. The van der Waals surface area contributed by atoms with Gasteiger partial charge < -0.3 is 20.1 Å². The summed E-state index contributed by atoms with van der Waals surface area (Å²) in [7, 11) is 0. The van der Waals surface area contributed by atoms with Crippen molar-refractivity contribution in [2.45, 2.75) is 12.5 Å². The zero-order valence-corrected chi connectivity index (χ0v) is 19.7. The summed E-state index contributed by atoms with van der Waals surface area (Å²) < 4.78 is 5.46. The standard InChI is InChI=1S/C26H29ClN4O3/c27-21-6-9-24(10-7-21)34-19-26(33)29-22-8-11-25(28-17-22)31-14-12-30(13-15-31)18-23(32)16-20-4-2-1-3-5-20/h1-11,17,23,32H,12-16,18-19H2,(H,29,33). The molecule has 1 aromatic heterocycles. The Balaban J connectivity index is 1.19. The van der Waals surface area contributed by atoms with Crippen LogP contribution >= 0.6 is 11.6 Å². The number of hydrogen-bond donors (Lipinski definition) is 2. The second-order valence-corrected chi connectivity index (χ2v) is 8.76. The van der Waals surface area contributed by atoms with Gasteiger partial charge in [-0.2, -0.15) is 0 Å². The minimum Gasteiger partial charge on any atom is -0.484 e. The Bertz CT molecular complexity index is 1040. The molecular formula is C26H29ClN4O3. The first-order chi connectivity index (χ1) is 16.5. The highest BCUT2D eigenvalue weighted by Gasteiger charge is 2.20. The van der Waals surface area contributed by atoms with E-state index in [1.165, 1.54) is 0 Å². The van der Waals surface area contributed by atoms with E-state index in [2.05, 4.69) is 20.1 Å². The number of halogens is 1. The Morgan fingerprint density at radius 1 is 1.03 bits per heavy atom. The summed E-state index contributed by atoms with van der Waals surface area (Å²) in [5.74, 6) is 1.20. The molecule has 8 heteroatoms. The molecule has 1 atom stereocenters. The highest BCUT2D eigenvalue weighted by molar-refractivity contribution is 6.30. The number of carbonyl (C=O) groups is 1. The number of benzene rings is 2. The highest BCUT2D eigenvalue weighted by Crippen LogP contribution is 2.18. The van der Waals surface area contributed by atoms with Crippen LogP contribution in [0.15, 0.2) is 72.9 Å². The van der Waals surface area contributed by atoms with Crippen LogP contribution in [0, 0.1) is 0 Å². The normalized spacial score (nSPS) is 15.1. The molecule has 0 radical (unpaired) electrons. The molecule has 0 aliphatic carbocycles. The van der Waals surface area contributed by atoms with Gasteiger partial charge in [-0.15, -0.1) is 0 Å². The Morgan fingerprint density at radius 2 is 1.76 bits per heavy atom. The van der Waals surface area contributed by atoms with Crippen molar-refractivity contribution in [3.63, 3.8) is 0 Å². The number of pyridine rings is 1. The van der Waals surface area contributed by atoms with Crippen LogP contribution in [0.3, 0.4) is 0 Å². The van der Waals surface area contributed by atoms with Crippen LogP contribution in [0.1, 0.15) is 5.56 Å². The van der Waals surface area contributed by atoms with Crippen molar-refractivity contribution in [2.75, 3.05) is 49.5 Å². The van der Waals surface area contributed by atoms with E-state index in [1.54, 1.807) is 30.5 Å².